The van der Waals surface area contributed by atoms with Gasteiger partial charge in [0, 0.05) is 24.0 Å². The molecule has 0 aliphatic rings. The van der Waals surface area contributed by atoms with Crippen molar-refractivity contribution in [2.45, 2.75) is 0 Å². The SMILES string of the molecule is NC/C=C/CNC(=O)c1cc2ccccc2[nH]1. The number of nitrogens with one attached hydrogen (secondary N) is 2. The van der Waals surface area contributed by atoms with Gasteiger partial charge in [-0.15, -0.1) is 0 Å². The van der Waals surface area contributed by atoms with E-state index in [9.17, 15) is 4.79 Å². The van der Waals surface area contributed by atoms with Crippen LogP contribution in [0, 0.1) is 0 Å². The Balaban J connectivity index is 2.06. The summed E-state index contributed by atoms with van der Waals surface area (Å²) in [5, 5.41) is 3.82. The molecule has 0 bridgehead atoms. The third-order valence-corrected chi connectivity index (χ3v) is 2.46. The van der Waals surface area contributed by atoms with Crippen LogP contribution in [0.15, 0.2) is 42.5 Å². The number of aromatic nitrogens is 1. The molecule has 2 aromatic rings. The van der Waals surface area contributed by atoms with Crippen molar-refractivity contribution in [1.82, 2.24) is 10.3 Å². The predicted octanol–water partition coefficient (Wildman–Crippen LogP) is 1.41. The molecule has 4 heteroatoms. The molecule has 0 spiro atoms. The lowest BCUT2D eigenvalue weighted by molar-refractivity contribution is 0.0954. The molecule has 0 unspecified atom stereocenters. The molecule has 0 saturated heterocycles. The van der Waals surface area contributed by atoms with E-state index in [-0.39, 0.29) is 5.91 Å². The fourth-order valence-corrected chi connectivity index (χ4v) is 1.62. The molecule has 1 aromatic carbocycles. The van der Waals surface area contributed by atoms with Crippen LogP contribution >= 0.6 is 0 Å². The van der Waals surface area contributed by atoms with Crippen molar-refractivity contribution in [3.05, 3.63) is 48.2 Å². The summed E-state index contributed by atoms with van der Waals surface area (Å²) in [7, 11) is 0. The van der Waals surface area contributed by atoms with Crippen LogP contribution in [0.4, 0.5) is 0 Å². The smallest absolute Gasteiger partial charge is 0.267 e. The minimum absolute atomic E-state index is 0.108. The lowest BCUT2D eigenvalue weighted by atomic mass is 10.2. The molecule has 1 amide bonds. The topological polar surface area (TPSA) is 70.9 Å². The third kappa shape index (κ3) is 2.73. The molecule has 17 heavy (non-hydrogen) atoms. The Labute approximate surface area is 99.5 Å². The first-order chi connectivity index (χ1) is 8.31. The van der Waals surface area contributed by atoms with E-state index in [1.807, 2.05) is 42.5 Å². The number of amides is 1. The molecule has 0 atom stereocenters. The number of carbonyl (C=O) groups is 1. The second-order valence-electron chi connectivity index (χ2n) is 3.69. The Kier molecular flexibility index (Phi) is 3.57. The highest BCUT2D eigenvalue weighted by Crippen LogP contribution is 2.14. The fraction of sp³-hybridized carbons (Fsp3) is 0.154. The van der Waals surface area contributed by atoms with Gasteiger partial charge in [0.1, 0.15) is 5.69 Å². The summed E-state index contributed by atoms with van der Waals surface area (Å²) in [6.07, 6.45) is 3.64. The standard InChI is InChI=1S/C13H15N3O/c14-7-3-4-8-15-13(17)12-9-10-5-1-2-6-11(10)16-12/h1-6,9,16H,7-8,14H2,(H,15,17)/b4-3+. The average molecular weight is 229 g/mol. The van der Waals surface area contributed by atoms with Gasteiger partial charge in [0.25, 0.3) is 5.91 Å². The molecule has 88 valence electrons. The minimum atomic E-state index is -0.108. The van der Waals surface area contributed by atoms with Gasteiger partial charge in [0.15, 0.2) is 0 Å². The van der Waals surface area contributed by atoms with Crippen LogP contribution in [0.3, 0.4) is 0 Å². The molecule has 0 aliphatic carbocycles. The highest BCUT2D eigenvalue weighted by molar-refractivity contribution is 5.98. The molecule has 0 fully saturated rings. The van der Waals surface area contributed by atoms with Gasteiger partial charge in [-0.1, -0.05) is 30.4 Å². The number of benzene rings is 1. The highest BCUT2D eigenvalue weighted by atomic mass is 16.1. The van der Waals surface area contributed by atoms with Crippen LogP contribution in [-0.2, 0) is 0 Å². The maximum atomic E-state index is 11.8. The third-order valence-electron chi connectivity index (χ3n) is 2.46. The quantitative estimate of drug-likeness (QED) is 0.694. The van der Waals surface area contributed by atoms with E-state index < -0.39 is 0 Å². The van der Waals surface area contributed by atoms with Crippen molar-refractivity contribution in [2.24, 2.45) is 5.73 Å². The van der Waals surface area contributed by atoms with E-state index in [1.54, 1.807) is 0 Å². The molecule has 1 heterocycles. The minimum Gasteiger partial charge on any atom is -0.351 e. The van der Waals surface area contributed by atoms with Gasteiger partial charge in [-0.2, -0.15) is 0 Å². The fourth-order valence-electron chi connectivity index (χ4n) is 1.62. The summed E-state index contributed by atoms with van der Waals surface area (Å²) in [6, 6.07) is 9.64. The van der Waals surface area contributed by atoms with Gasteiger partial charge in [-0.25, -0.2) is 0 Å². The molecule has 0 radical (unpaired) electrons. The number of hydrogen-bond donors (Lipinski definition) is 3. The second kappa shape index (κ2) is 5.32. The zero-order valence-corrected chi connectivity index (χ0v) is 9.44. The number of H-pyrrole nitrogens is 1. The molecule has 0 aliphatic heterocycles. The summed E-state index contributed by atoms with van der Waals surface area (Å²) >= 11 is 0. The van der Waals surface area contributed by atoms with Crippen LogP contribution in [0.2, 0.25) is 0 Å². The number of nitrogens with two attached hydrogens (primary N) is 1. The number of fused-ring (bicyclic) bond motifs is 1. The number of hydrogen-bond acceptors (Lipinski definition) is 2. The first-order valence-corrected chi connectivity index (χ1v) is 5.52. The van der Waals surface area contributed by atoms with Gasteiger partial charge >= 0.3 is 0 Å². The lowest BCUT2D eigenvalue weighted by Gasteiger charge is -1.98. The van der Waals surface area contributed by atoms with E-state index in [4.69, 9.17) is 5.73 Å². The zero-order chi connectivity index (χ0) is 12.1. The van der Waals surface area contributed by atoms with Gasteiger partial charge in [-0.3, -0.25) is 4.79 Å². The Hall–Kier alpha value is -2.07. The predicted molar refractivity (Wildman–Crippen MR) is 68.8 cm³/mol. The molecule has 4 N–H and O–H groups in total. The van der Waals surface area contributed by atoms with Crippen LogP contribution in [-0.4, -0.2) is 24.0 Å². The first kappa shape index (κ1) is 11.4. The number of aromatic amines is 1. The van der Waals surface area contributed by atoms with Gasteiger partial charge in [0.05, 0.1) is 0 Å². The van der Waals surface area contributed by atoms with Gasteiger partial charge in [-0.05, 0) is 12.1 Å². The van der Waals surface area contributed by atoms with Crippen molar-refractivity contribution in [3.8, 4) is 0 Å². The number of para-hydroxylation sites is 1. The second-order valence-corrected chi connectivity index (χ2v) is 3.69. The largest absolute Gasteiger partial charge is 0.351 e. The molecular weight excluding hydrogens is 214 g/mol. The van der Waals surface area contributed by atoms with Crippen molar-refractivity contribution >= 4 is 16.8 Å². The number of carbonyl (C=O) groups excluding carboxylic acids is 1. The Morgan fingerprint density at radius 1 is 1.35 bits per heavy atom. The van der Waals surface area contributed by atoms with Gasteiger partial charge in [0.2, 0.25) is 0 Å². The van der Waals surface area contributed by atoms with E-state index >= 15 is 0 Å². The summed E-state index contributed by atoms with van der Waals surface area (Å²) in [4.78, 5) is 14.8. The van der Waals surface area contributed by atoms with Crippen molar-refractivity contribution < 1.29 is 4.79 Å². The monoisotopic (exact) mass is 229 g/mol. The molecular formula is C13H15N3O. The van der Waals surface area contributed by atoms with Crippen LogP contribution in [0.1, 0.15) is 10.5 Å². The highest BCUT2D eigenvalue weighted by Gasteiger charge is 2.07. The number of rotatable bonds is 4. The molecule has 0 saturated carbocycles. The normalized spacial score (nSPS) is 11.1. The van der Waals surface area contributed by atoms with E-state index in [0.717, 1.165) is 10.9 Å². The van der Waals surface area contributed by atoms with Crippen molar-refractivity contribution in [3.63, 3.8) is 0 Å². The summed E-state index contributed by atoms with van der Waals surface area (Å²) < 4.78 is 0. The average Bonchev–Trinajstić information content (AvgIpc) is 2.78. The zero-order valence-electron chi connectivity index (χ0n) is 9.44. The summed E-state index contributed by atoms with van der Waals surface area (Å²) in [5.74, 6) is -0.108. The Morgan fingerprint density at radius 2 is 2.18 bits per heavy atom. The van der Waals surface area contributed by atoms with Crippen LogP contribution in [0.25, 0.3) is 10.9 Å². The van der Waals surface area contributed by atoms with E-state index in [2.05, 4.69) is 10.3 Å². The van der Waals surface area contributed by atoms with E-state index in [1.165, 1.54) is 0 Å². The van der Waals surface area contributed by atoms with Crippen molar-refractivity contribution in [2.75, 3.05) is 13.1 Å². The summed E-state index contributed by atoms with van der Waals surface area (Å²) in [6.45, 7) is 0.980. The van der Waals surface area contributed by atoms with E-state index in [0.29, 0.717) is 18.8 Å². The van der Waals surface area contributed by atoms with Crippen LogP contribution in [0.5, 0.6) is 0 Å². The molecule has 2 rings (SSSR count). The van der Waals surface area contributed by atoms with Crippen molar-refractivity contribution in [1.29, 1.82) is 0 Å². The Morgan fingerprint density at radius 3 is 2.94 bits per heavy atom. The maximum absolute atomic E-state index is 11.8. The van der Waals surface area contributed by atoms with Crippen LogP contribution < -0.4 is 11.1 Å². The van der Waals surface area contributed by atoms with Gasteiger partial charge < -0.3 is 16.0 Å². The maximum Gasteiger partial charge on any atom is 0.267 e. The lowest BCUT2D eigenvalue weighted by Crippen LogP contribution is -2.23. The first-order valence-electron chi connectivity index (χ1n) is 5.52. The molecule has 4 nitrogen and oxygen atoms in total. The Bertz CT molecular complexity index is 509. The molecule has 1 aromatic heterocycles. The summed E-state index contributed by atoms with van der Waals surface area (Å²) in [5.41, 5.74) is 6.85.